The Labute approximate surface area is 368 Å². The SMILES string of the molecule is CCC(C)[C@@H]1NC(=O)CNC(=O)[C@@H]2Cc3c([nH]c4cc(O)ccc34)[S+]([O-])C[C@H](NC(=O)CNC1=O)C(=O)N[C@@H](CC(N)=O)C(=O)N1C[C@H](O)C[C@H]1C(=O)N[C@@H]([C@@H](C)C(O)CO)C(=O)N2. The van der Waals surface area contributed by atoms with E-state index < -0.39 is 176 Å². The number of aromatic amines is 1. The fourth-order valence-electron chi connectivity index (χ4n) is 7.70. The fraction of sp³-hybridized carbons (Fsp3) is 0.564. The van der Waals surface area contributed by atoms with E-state index in [2.05, 4.69) is 42.2 Å². The van der Waals surface area contributed by atoms with Crippen LogP contribution in [0.1, 0.15) is 45.6 Å². The molecule has 1 aromatic heterocycles. The summed E-state index contributed by atoms with van der Waals surface area (Å²) in [4.78, 5) is 127. The number of nitrogens with zero attached hydrogens (tertiary/aromatic N) is 1. The number of benzene rings is 1. The molecule has 4 heterocycles. The van der Waals surface area contributed by atoms with Gasteiger partial charge in [0, 0.05) is 53.5 Å². The Morgan fingerprint density at radius 1 is 0.891 bits per heavy atom. The molecular formula is C39H54N10O14S. The lowest BCUT2D eigenvalue weighted by atomic mass is 9.93. The van der Waals surface area contributed by atoms with Crippen molar-refractivity contribution >= 4 is 75.2 Å². The molecule has 350 valence electrons. The highest BCUT2D eigenvalue weighted by atomic mass is 32.2. The number of hydrogen-bond donors (Lipinski definition) is 13. The van der Waals surface area contributed by atoms with Crippen LogP contribution in [-0.4, -0.2) is 168 Å². The summed E-state index contributed by atoms with van der Waals surface area (Å²) in [6.07, 6.45) is -4.42. The summed E-state index contributed by atoms with van der Waals surface area (Å²) in [5.74, 6) is -12.1. The van der Waals surface area contributed by atoms with Gasteiger partial charge in [-0.25, -0.2) is 0 Å². The summed E-state index contributed by atoms with van der Waals surface area (Å²) < 4.78 is 14.6. The van der Waals surface area contributed by atoms with E-state index in [1.54, 1.807) is 13.8 Å². The van der Waals surface area contributed by atoms with E-state index in [1.807, 2.05) is 0 Å². The molecule has 5 rings (SSSR count). The normalized spacial score (nSPS) is 28.5. The van der Waals surface area contributed by atoms with Gasteiger partial charge in [-0.3, -0.25) is 43.2 Å². The molecule has 0 radical (unpaired) electrons. The van der Waals surface area contributed by atoms with Crippen LogP contribution >= 0.6 is 0 Å². The minimum atomic E-state index is -2.38. The first-order valence-corrected chi connectivity index (χ1v) is 21.9. The van der Waals surface area contributed by atoms with Crippen molar-refractivity contribution in [2.45, 2.75) is 99.9 Å². The van der Waals surface area contributed by atoms with Crippen LogP contribution < -0.4 is 43.0 Å². The van der Waals surface area contributed by atoms with Crippen molar-refractivity contribution in [2.75, 3.05) is 32.0 Å². The van der Waals surface area contributed by atoms with E-state index in [1.165, 1.54) is 25.1 Å². The van der Waals surface area contributed by atoms with Gasteiger partial charge in [0.2, 0.25) is 58.2 Å². The van der Waals surface area contributed by atoms with Crippen LogP contribution in [0.3, 0.4) is 0 Å². The fourth-order valence-corrected chi connectivity index (χ4v) is 9.10. The van der Waals surface area contributed by atoms with Crippen LogP contribution in [0.25, 0.3) is 10.9 Å². The van der Waals surface area contributed by atoms with E-state index in [4.69, 9.17) is 5.73 Å². The monoisotopic (exact) mass is 918 g/mol. The van der Waals surface area contributed by atoms with Gasteiger partial charge in [0.05, 0.1) is 43.8 Å². The Bertz CT molecular complexity index is 2160. The lowest BCUT2D eigenvalue weighted by Gasteiger charge is -2.32. The van der Waals surface area contributed by atoms with Crippen LogP contribution in [-0.2, 0) is 60.7 Å². The number of hydrogen-bond acceptors (Lipinski definition) is 14. The Morgan fingerprint density at radius 2 is 1.56 bits per heavy atom. The smallest absolute Gasteiger partial charge is 0.248 e. The lowest BCUT2D eigenvalue weighted by molar-refractivity contribution is -0.144. The molecule has 0 spiro atoms. The van der Waals surface area contributed by atoms with Crippen LogP contribution in [0.5, 0.6) is 5.75 Å². The van der Waals surface area contributed by atoms with Gasteiger partial charge in [-0.2, -0.15) is 0 Å². The molecular weight excluding hydrogens is 865 g/mol. The average molecular weight is 919 g/mol. The predicted molar refractivity (Wildman–Crippen MR) is 222 cm³/mol. The number of carbonyl (C=O) groups excluding carboxylic acids is 9. The third kappa shape index (κ3) is 11.6. The summed E-state index contributed by atoms with van der Waals surface area (Å²) in [5.41, 5.74) is 5.73. The third-order valence-corrected chi connectivity index (χ3v) is 13.0. The molecule has 3 unspecified atom stereocenters. The summed E-state index contributed by atoms with van der Waals surface area (Å²) in [6.45, 7) is 1.76. The zero-order chi connectivity index (χ0) is 47.2. The molecule has 11 atom stereocenters. The predicted octanol–water partition coefficient (Wildman–Crippen LogP) is -5.92. The van der Waals surface area contributed by atoms with Crippen LogP contribution in [0, 0.1) is 11.8 Å². The molecule has 1 fully saturated rings. The number of aromatic nitrogens is 1. The third-order valence-electron chi connectivity index (χ3n) is 11.5. The number of H-pyrrole nitrogens is 1. The summed E-state index contributed by atoms with van der Waals surface area (Å²) in [5, 5.41) is 58.8. The maximum atomic E-state index is 14.6. The maximum Gasteiger partial charge on any atom is 0.248 e. The van der Waals surface area contributed by atoms with Crippen LogP contribution in [0.2, 0.25) is 0 Å². The molecule has 24 nitrogen and oxygen atoms in total. The summed E-state index contributed by atoms with van der Waals surface area (Å²) in [6, 6.07) is -5.99. The number of aliphatic hydroxyl groups excluding tert-OH is 3. The highest BCUT2D eigenvalue weighted by Gasteiger charge is 2.45. The van der Waals surface area contributed by atoms with Crippen LogP contribution in [0.4, 0.5) is 0 Å². The van der Waals surface area contributed by atoms with Crippen molar-refractivity contribution in [1.29, 1.82) is 0 Å². The zero-order valence-electron chi connectivity index (χ0n) is 35.2. The number of fused-ring (bicyclic) bond motifs is 5. The first-order valence-electron chi connectivity index (χ1n) is 20.6. The zero-order valence-corrected chi connectivity index (χ0v) is 36.0. The van der Waals surface area contributed by atoms with Gasteiger partial charge >= 0.3 is 0 Å². The molecule has 9 amide bonds. The van der Waals surface area contributed by atoms with Gasteiger partial charge in [-0.1, -0.05) is 27.2 Å². The van der Waals surface area contributed by atoms with Gasteiger partial charge in [-0.15, -0.1) is 0 Å². The van der Waals surface area contributed by atoms with Crippen molar-refractivity contribution in [3.05, 3.63) is 23.8 Å². The van der Waals surface area contributed by atoms with Crippen molar-refractivity contribution in [3.8, 4) is 5.75 Å². The van der Waals surface area contributed by atoms with E-state index in [0.29, 0.717) is 6.42 Å². The molecule has 14 N–H and O–H groups in total. The number of primary amides is 1. The second kappa shape index (κ2) is 21.1. The first kappa shape index (κ1) is 49.0. The molecule has 1 aromatic carbocycles. The van der Waals surface area contributed by atoms with Crippen molar-refractivity contribution in [1.82, 2.24) is 47.1 Å². The Kier molecular flexibility index (Phi) is 16.2. The quantitative estimate of drug-likeness (QED) is 0.115. The summed E-state index contributed by atoms with van der Waals surface area (Å²) >= 11 is -2.38. The van der Waals surface area contributed by atoms with Gasteiger partial charge in [0.1, 0.15) is 41.7 Å². The standard InChI is InChI=1S/C39H54N10O14S/c1-4-16(2)31-36(60)42-11-29(55)43-25-15-64(63)38-21(20-6-5-18(51)7-22(20)46-38)9-23(33(57)41-12-30(56)47-31)44-37(61)32(17(3)27(53)14-50)48-35(59)26-8-19(52)13-49(26)39(62)24(10-28(40)54)45-34(25)58/h5-7,16-17,19,23-27,31-32,46,50-53H,4,8-15H2,1-3H3,(H2,40,54)(H,41,57)(H,42,60)(H,43,55)(H,44,61)(H,45,58)(H,47,56)(H,48,59)/t16?,17-,19+,23-,24-,25-,26-,27?,31-,32-,64?/m0/s1. The number of nitrogens with two attached hydrogens (primary N) is 1. The summed E-state index contributed by atoms with van der Waals surface area (Å²) in [7, 11) is 0. The van der Waals surface area contributed by atoms with E-state index in [9.17, 15) is 68.1 Å². The number of aliphatic hydroxyl groups is 3. The number of rotatable bonds is 7. The molecule has 64 heavy (non-hydrogen) atoms. The van der Waals surface area contributed by atoms with Crippen molar-refractivity contribution < 1.29 is 68.1 Å². The highest BCUT2D eigenvalue weighted by molar-refractivity contribution is 7.91. The number of phenols is 1. The number of carbonyl (C=O) groups is 9. The molecule has 3 aliphatic rings. The number of aromatic hydroxyl groups is 1. The minimum Gasteiger partial charge on any atom is -0.610 e. The first-order chi connectivity index (χ1) is 30.2. The number of nitrogens with one attached hydrogen (secondary N) is 8. The molecule has 0 aliphatic carbocycles. The molecule has 1 saturated heterocycles. The van der Waals surface area contributed by atoms with E-state index in [-0.39, 0.29) is 27.2 Å². The second-order valence-corrected chi connectivity index (χ2v) is 17.6. The van der Waals surface area contributed by atoms with Crippen molar-refractivity contribution in [3.63, 3.8) is 0 Å². The van der Waals surface area contributed by atoms with Crippen LogP contribution in [0.15, 0.2) is 23.2 Å². The molecule has 0 saturated carbocycles. The Hall–Kier alpha value is -6.02. The second-order valence-electron chi connectivity index (χ2n) is 16.1. The molecule has 2 bridgehead atoms. The van der Waals surface area contributed by atoms with Gasteiger partial charge in [-0.05, 0) is 18.1 Å². The molecule has 3 aliphatic heterocycles. The van der Waals surface area contributed by atoms with Gasteiger partial charge < -0.3 is 77.8 Å². The lowest BCUT2D eigenvalue weighted by Crippen LogP contribution is -2.62. The van der Waals surface area contributed by atoms with Crippen molar-refractivity contribution in [2.24, 2.45) is 17.6 Å². The average Bonchev–Trinajstić information content (AvgIpc) is 3.82. The van der Waals surface area contributed by atoms with E-state index in [0.717, 1.165) is 4.90 Å². The Morgan fingerprint density at radius 3 is 2.22 bits per heavy atom. The molecule has 25 heteroatoms. The highest BCUT2D eigenvalue weighted by Crippen LogP contribution is 2.31. The maximum absolute atomic E-state index is 14.6. The topological polar surface area (TPSA) is 387 Å². The molecule has 2 aromatic rings. The number of amides is 9. The number of phenolic OH excluding ortho intramolecular Hbond substituents is 1. The Balaban J connectivity index is 1.73. The van der Waals surface area contributed by atoms with Gasteiger partial charge in [0.25, 0.3) is 0 Å². The van der Waals surface area contributed by atoms with E-state index >= 15 is 0 Å². The largest absolute Gasteiger partial charge is 0.610 e. The van der Waals surface area contributed by atoms with Gasteiger partial charge in [0.15, 0.2) is 6.04 Å². The minimum absolute atomic E-state index is 0.0800.